The van der Waals surface area contributed by atoms with E-state index < -0.39 is 6.36 Å². The Hall–Kier alpha value is -2.64. The fourth-order valence-electron chi connectivity index (χ4n) is 1.83. The van der Waals surface area contributed by atoms with Gasteiger partial charge in [0.2, 0.25) is 0 Å². The van der Waals surface area contributed by atoms with Gasteiger partial charge in [0.05, 0.1) is 5.69 Å². The molecule has 0 fully saturated rings. The van der Waals surface area contributed by atoms with Crippen LogP contribution >= 0.6 is 0 Å². The van der Waals surface area contributed by atoms with Gasteiger partial charge in [-0.05, 0) is 29.8 Å². The summed E-state index contributed by atoms with van der Waals surface area (Å²) in [7, 11) is 0. The number of nitrogens with two attached hydrogens (primary N) is 1. The molecule has 8 heteroatoms. The molecular formula is C13H12F3N3O2. The van der Waals surface area contributed by atoms with Gasteiger partial charge in [-0.15, -0.1) is 13.2 Å². The van der Waals surface area contributed by atoms with Crippen molar-refractivity contribution >= 4 is 5.84 Å². The van der Waals surface area contributed by atoms with Gasteiger partial charge in [-0.1, -0.05) is 17.3 Å². The quantitative estimate of drug-likeness (QED) is 0.394. The fraction of sp³-hybridized carbons (Fsp3) is 0.154. The summed E-state index contributed by atoms with van der Waals surface area (Å²) in [4.78, 5) is 0. The number of rotatable bonds is 4. The average Bonchev–Trinajstić information content (AvgIpc) is 2.86. The summed E-state index contributed by atoms with van der Waals surface area (Å²) in [6.45, 7) is 0.366. The maximum absolute atomic E-state index is 12.1. The van der Waals surface area contributed by atoms with Crippen LogP contribution < -0.4 is 10.5 Å². The smallest absolute Gasteiger partial charge is 0.409 e. The molecule has 0 aliphatic rings. The highest BCUT2D eigenvalue weighted by Crippen LogP contribution is 2.23. The second-order valence-electron chi connectivity index (χ2n) is 4.20. The number of amidine groups is 1. The van der Waals surface area contributed by atoms with Crippen molar-refractivity contribution in [2.75, 3.05) is 0 Å². The number of halogens is 3. The van der Waals surface area contributed by atoms with E-state index >= 15 is 0 Å². The van der Waals surface area contributed by atoms with Crippen LogP contribution in [0.3, 0.4) is 0 Å². The zero-order valence-electron chi connectivity index (χ0n) is 10.7. The van der Waals surface area contributed by atoms with Crippen molar-refractivity contribution < 1.29 is 23.1 Å². The van der Waals surface area contributed by atoms with E-state index in [1.807, 2.05) is 0 Å². The molecule has 0 unspecified atom stereocenters. The SMILES string of the molecule is N/C(=N/O)c1cccn1Cc1ccc(OC(F)(F)F)cc1. The monoisotopic (exact) mass is 299 g/mol. The Labute approximate surface area is 118 Å². The van der Waals surface area contributed by atoms with Gasteiger partial charge in [-0.25, -0.2) is 0 Å². The lowest BCUT2D eigenvalue weighted by Gasteiger charge is -2.11. The molecule has 1 heterocycles. The molecule has 0 saturated heterocycles. The van der Waals surface area contributed by atoms with Crippen molar-refractivity contribution in [3.63, 3.8) is 0 Å². The molecule has 1 aromatic heterocycles. The van der Waals surface area contributed by atoms with Gasteiger partial charge >= 0.3 is 6.36 Å². The first-order chi connectivity index (χ1) is 9.89. The predicted molar refractivity (Wildman–Crippen MR) is 69.2 cm³/mol. The van der Waals surface area contributed by atoms with Crippen molar-refractivity contribution in [3.05, 3.63) is 53.9 Å². The molecule has 0 aliphatic carbocycles. The summed E-state index contributed by atoms with van der Waals surface area (Å²) in [5.74, 6) is -0.326. The largest absolute Gasteiger partial charge is 0.573 e. The van der Waals surface area contributed by atoms with E-state index in [0.717, 1.165) is 5.56 Å². The highest BCUT2D eigenvalue weighted by molar-refractivity contribution is 5.95. The molecule has 2 rings (SSSR count). The first-order valence-electron chi connectivity index (χ1n) is 5.87. The topological polar surface area (TPSA) is 72.8 Å². The zero-order valence-corrected chi connectivity index (χ0v) is 10.7. The summed E-state index contributed by atoms with van der Waals surface area (Å²) in [5.41, 5.74) is 6.77. The lowest BCUT2D eigenvalue weighted by Crippen LogP contribution is -2.18. The first-order valence-corrected chi connectivity index (χ1v) is 5.87. The average molecular weight is 299 g/mol. The van der Waals surface area contributed by atoms with E-state index in [-0.39, 0.29) is 11.6 Å². The van der Waals surface area contributed by atoms with E-state index in [1.54, 1.807) is 22.9 Å². The van der Waals surface area contributed by atoms with E-state index in [9.17, 15) is 13.2 Å². The third kappa shape index (κ3) is 3.91. The Kier molecular flexibility index (Phi) is 4.06. The number of oxime groups is 1. The van der Waals surface area contributed by atoms with Crippen LogP contribution in [0.4, 0.5) is 13.2 Å². The molecule has 0 atom stereocenters. The Morgan fingerprint density at radius 1 is 1.24 bits per heavy atom. The van der Waals surface area contributed by atoms with Crippen LogP contribution in [0.2, 0.25) is 0 Å². The number of ether oxygens (including phenoxy) is 1. The normalized spacial score (nSPS) is 12.4. The number of alkyl halides is 3. The van der Waals surface area contributed by atoms with Crippen molar-refractivity contribution in [3.8, 4) is 5.75 Å². The van der Waals surface area contributed by atoms with Crippen molar-refractivity contribution in [2.24, 2.45) is 10.9 Å². The molecule has 0 spiro atoms. The molecular weight excluding hydrogens is 287 g/mol. The van der Waals surface area contributed by atoms with Gasteiger partial charge in [0.25, 0.3) is 0 Å². The van der Waals surface area contributed by atoms with Crippen LogP contribution in [0.25, 0.3) is 0 Å². The molecule has 2 aromatic rings. The van der Waals surface area contributed by atoms with Crippen LogP contribution in [0.15, 0.2) is 47.8 Å². The highest BCUT2D eigenvalue weighted by atomic mass is 19.4. The number of nitrogens with zero attached hydrogens (tertiary/aromatic N) is 2. The van der Waals surface area contributed by atoms with Gasteiger partial charge in [-0.2, -0.15) is 0 Å². The molecule has 5 nitrogen and oxygen atoms in total. The standard InChI is InChI=1S/C13H12F3N3O2/c14-13(15,16)21-10-5-3-9(4-6-10)8-19-7-1-2-11(19)12(17)18-20/h1-7,20H,8H2,(H2,17,18). The molecule has 0 bridgehead atoms. The summed E-state index contributed by atoms with van der Waals surface area (Å²) >= 11 is 0. The van der Waals surface area contributed by atoms with Crippen molar-refractivity contribution in [2.45, 2.75) is 12.9 Å². The summed E-state index contributed by atoms with van der Waals surface area (Å²) in [6, 6.07) is 8.87. The van der Waals surface area contributed by atoms with E-state index in [2.05, 4.69) is 9.89 Å². The van der Waals surface area contributed by atoms with Gasteiger partial charge in [0.1, 0.15) is 5.75 Å². The third-order valence-electron chi connectivity index (χ3n) is 2.71. The van der Waals surface area contributed by atoms with Crippen LogP contribution in [0, 0.1) is 0 Å². The van der Waals surface area contributed by atoms with E-state index in [4.69, 9.17) is 10.9 Å². The minimum Gasteiger partial charge on any atom is -0.409 e. The van der Waals surface area contributed by atoms with Gasteiger partial charge < -0.3 is 20.2 Å². The van der Waals surface area contributed by atoms with Crippen molar-refractivity contribution in [1.82, 2.24) is 4.57 Å². The lowest BCUT2D eigenvalue weighted by atomic mass is 10.2. The second kappa shape index (κ2) is 5.78. The highest BCUT2D eigenvalue weighted by Gasteiger charge is 2.30. The summed E-state index contributed by atoms with van der Waals surface area (Å²) < 4.78 is 41.6. The summed E-state index contributed by atoms with van der Waals surface area (Å²) in [6.07, 6.45) is -2.99. The van der Waals surface area contributed by atoms with Crippen LogP contribution in [-0.2, 0) is 6.54 Å². The first kappa shape index (κ1) is 14.8. The zero-order chi connectivity index (χ0) is 15.5. The molecule has 3 N–H and O–H groups in total. The van der Waals surface area contributed by atoms with Crippen LogP contribution in [0.5, 0.6) is 5.75 Å². The molecule has 0 radical (unpaired) electrons. The number of hydrogen-bond acceptors (Lipinski definition) is 3. The lowest BCUT2D eigenvalue weighted by molar-refractivity contribution is -0.274. The fourth-order valence-corrected chi connectivity index (χ4v) is 1.83. The Bertz CT molecular complexity index is 633. The van der Waals surface area contributed by atoms with Crippen LogP contribution in [0.1, 0.15) is 11.3 Å². The number of benzene rings is 1. The van der Waals surface area contributed by atoms with E-state index in [1.165, 1.54) is 24.3 Å². The van der Waals surface area contributed by atoms with Gasteiger partial charge in [-0.3, -0.25) is 0 Å². The second-order valence-corrected chi connectivity index (χ2v) is 4.20. The third-order valence-corrected chi connectivity index (χ3v) is 2.71. The Morgan fingerprint density at radius 3 is 2.48 bits per heavy atom. The minimum absolute atomic E-state index is 0.0444. The predicted octanol–water partition coefficient (Wildman–Crippen LogP) is 2.53. The van der Waals surface area contributed by atoms with Gasteiger partial charge in [0, 0.05) is 12.7 Å². The minimum atomic E-state index is -4.71. The van der Waals surface area contributed by atoms with Gasteiger partial charge in [0.15, 0.2) is 5.84 Å². The van der Waals surface area contributed by atoms with Crippen molar-refractivity contribution in [1.29, 1.82) is 0 Å². The Balaban J connectivity index is 2.13. The molecule has 0 amide bonds. The summed E-state index contributed by atoms with van der Waals surface area (Å²) in [5, 5.41) is 11.6. The molecule has 112 valence electrons. The van der Waals surface area contributed by atoms with E-state index in [0.29, 0.717) is 12.2 Å². The number of hydrogen-bond donors (Lipinski definition) is 2. The maximum Gasteiger partial charge on any atom is 0.573 e. The molecule has 0 saturated carbocycles. The number of aromatic nitrogens is 1. The van der Waals surface area contributed by atoms with Crippen LogP contribution in [-0.4, -0.2) is 22.0 Å². The Morgan fingerprint density at radius 2 is 1.90 bits per heavy atom. The molecule has 21 heavy (non-hydrogen) atoms. The molecule has 0 aliphatic heterocycles. The maximum atomic E-state index is 12.1. The molecule has 1 aromatic carbocycles.